The van der Waals surface area contributed by atoms with Crippen LogP contribution in [0.1, 0.15) is 11.3 Å². The van der Waals surface area contributed by atoms with Gasteiger partial charge in [-0.3, -0.25) is 0 Å². The second-order valence-electron chi connectivity index (χ2n) is 6.23. The van der Waals surface area contributed by atoms with Gasteiger partial charge in [0.2, 0.25) is 0 Å². The SMILES string of the molecule is COc1ccc(-n2cccc2/C=C(/C#N)c2ccc3ccccc3c2)cc1. The molecule has 0 saturated heterocycles. The Balaban J connectivity index is 1.75. The highest BCUT2D eigenvalue weighted by atomic mass is 16.5. The van der Waals surface area contributed by atoms with Crippen molar-refractivity contribution in [2.45, 2.75) is 0 Å². The zero-order valence-electron chi connectivity index (χ0n) is 15.0. The fourth-order valence-corrected chi connectivity index (χ4v) is 3.17. The predicted octanol–water partition coefficient (Wildman–Crippen LogP) is 5.70. The summed E-state index contributed by atoms with van der Waals surface area (Å²) in [5.41, 5.74) is 3.51. The highest BCUT2D eigenvalue weighted by Gasteiger charge is 2.06. The second-order valence-corrected chi connectivity index (χ2v) is 6.23. The fraction of sp³-hybridized carbons (Fsp3) is 0.0417. The predicted molar refractivity (Wildman–Crippen MR) is 110 cm³/mol. The van der Waals surface area contributed by atoms with Crippen LogP contribution in [0.25, 0.3) is 28.1 Å². The molecule has 0 saturated carbocycles. The normalized spacial score (nSPS) is 11.3. The lowest BCUT2D eigenvalue weighted by Crippen LogP contribution is -1.95. The highest BCUT2D eigenvalue weighted by Crippen LogP contribution is 2.24. The van der Waals surface area contributed by atoms with Gasteiger partial charge in [-0.15, -0.1) is 0 Å². The topological polar surface area (TPSA) is 38.0 Å². The molecule has 3 nitrogen and oxygen atoms in total. The molecular weight excluding hydrogens is 332 g/mol. The molecule has 0 aliphatic heterocycles. The van der Waals surface area contributed by atoms with Crippen LogP contribution in [0.15, 0.2) is 85.1 Å². The summed E-state index contributed by atoms with van der Waals surface area (Å²) in [7, 11) is 1.65. The van der Waals surface area contributed by atoms with Crippen LogP contribution in [-0.2, 0) is 0 Å². The molecule has 0 radical (unpaired) electrons. The number of nitriles is 1. The van der Waals surface area contributed by atoms with Crippen molar-refractivity contribution < 1.29 is 4.74 Å². The molecule has 27 heavy (non-hydrogen) atoms. The van der Waals surface area contributed by atoms with E-state index in [0.29, 0.717) is 5.57 Å². The van der Waals surface area contributed by atoms with Gasteiger partial charge in [-0.1, -0.05) is 36.4 Å². The first-order valence-electron chi connectivity index (χ1n) is 8.71. The van der Waals surface area contributed by atoms with Crippen molar-refractivity contribution >= 4 is 22.4 Å². The van der Waals surface area contributed by atoms with Gasteiger partial charge in [-0.05, 0) is 64.9 Å². The molecule has 4 aromatic rings. The maximum Gasteiger partial charge on any atom is 0.119 e. The summed E-state index contributed by atoms with van der Waals surface area (Å²) in [4.78, 5) is 0. The molecule has 0 atom stereocenters. The molecule has 4 rings (SSSR count). The molecule has 0 fully saturated rings. The van der Waals surface area contributed by atoms with Crippen molar-refractivity contribution in [3.8, 4) is 17.5 Å². The molecule has 1 heterocycles. The number of fused-ring (bicyclic) bond motifs is 1. The lowest BCUT2D eigenvalue weighted by molar-refractivity contribution is 0.414. The number of rotatable bonds is 4. The monoisotopic (exact) mass is 350 g/mol. The molecule has 3 aromatic carbocycles. The lowest BCUT2D eigenvalue weighted by Gasteiger charge is -2.09. The van der Waals surface area contributed by atoms with Gasteiger partial charge in [0.1, 0.15) is 5.75 Å². The summed E-state index contributed by atoms with van der Waals surface area (Å²) in [5.74, 6) is 0.817. The Labute approximate surface area is 158 Å². The number of ether oxygens (including phenoxy) is 1. The van der Waals surface area contributed by atoms with Crippen LogP contribution in [-0.4, -0.2) is 11.7 Å². The first-order valence-corrected chi connectivity index (χ1v) is 8.71. The summed E-state index contributed by atoms with van der Waals surface area (Å²) in [6, 6.07) is 28.5. The van der Waals surface area contributed by atoms with Crippen molar-refractivity contribution in [3.05, 3.63) is 96.3 Å². The Morgan fingerprint density at radius 2 is 1.70 bits per heavy atom. The number of hydrogen-bond donors (Lipinski definition) is 0. The highest BCUT2D eigenvalue weighted by molar-refractivity contribution is 5.94. The van der Waals surface area contributed by atoms with E-state index in [1.165, 1.54) is 5.39 Å². The first kappa shape index (κ1) is 16.7. The molecule has 0 spiro atoms. The second kappa shape index (κ2) is 7.23. The first-order chi connectivity index (χ1) is 13.3. The van der Waals surface area contributed by atoms with E-state index in [2.05, 4.69) is 34.9 Å². The minimum absolute atomic E-state index is 0.634. The number of allylic oxidation sites excluding steroid dienone is 1. The quantitative estimate of drug-likeness (QED) is 0.443. The Morgan fingerprint density at radius 3 is 2.44 bits per heavy atom. The Hall–Kier alpha value is -3.77. The van der Waals surface area contributed by atoms with Crippen LogP contribution >= 0.6 is 0 Å². The molecule has 3 heteroatoms. The van der Waals surface area contributed by atoms with Crippen molar-refractivity contribution in [1.29, 1.82) is 5.26 Å². The molecular formula is C24H18N2O. The smallest absolute Gasteiger partial charge is 0.119 e. The van der Waals surface area contributed by atoms with Crippen molar-refractivity contribution in [2.75, 3.05) is 7.11 Å². The Bertz CT molecular complexity index is 1160. The van der Waals surface area contributed by atoms with Gasteiger partial charge in [0, 0.05) is 17.6 Å². The molecule has 1 aromatic heterocycles. The zero-order chi connectivity index (χ0) is 18.6. The van der Waals surface area contributed by atoms with Crippen molar-refractivity contribution in [1.82, 2.24) is 4.57 Å². The van der Waals surface area contributed by atoms with Gasteiger partial charge in [-0.2, -0.15) is 5.26 Å². The van der Waals surface area contributed by atoms with E-state index in [9.17, 15) is 5.26 Å². The van der Waals surface area contributed by atoms with E-state index in [0.717, 1.165) is 28.1 Å². The summed E-state index contributed by atoms with van der Waals surface area (Å²) in [5, 5.41) is 12.0. The average molecular weight is 350 g/mol. The van der Waals surface area contributed by atoms with Gasteiger partial charge in [0.15, 0.2) is 0 Å². The van der Waals surface area contributed by atoms with E-state index in [4.69, 9.17) is 4.74 Å². The van der Waals surface area contributed by atoms with E-state index in [-0.39, 0.29) is 0 Å². The largest absolute Gasteiger partial charge is 0.497 e. The van der Waals surface area contributed by atoms with Crippen molar-refractivity contribution in [2.24, 2.45) is 0 Å². The molecule has 0 amide bonds. The van der Waals surface area contributed by atoms with Crippen LogP contribution in [0.4, 0.5) is 0 Å². The molecule has 0 unspecified atom stereocenters. The van der Waals surface area contributed by atoms with Crippen LogP contribution in [0.2, 0.25) is 0 Å². The molecule has 0 aliphatic rings. The standard InChI is InChI=1S/C24H18N2O/c1-27-24-12-10-22(11-13-24)26-14-4-7-23(26)16-21(17-25)20-9-8-18-5-2-3-6-19(18)15-20/h2-16H,1H3/b21-16-. The maximum atomic E-state index is 9.74. The van der Waals surface area contributed by atoms with E-state index >= 15 is 0 Å². The molecule has 0 bridgehead atoms. The van der Waals surface area contributed by atoms with Gasteiger partial charge in [0.05, 0.1) is 18.8 Å². The number of methoxy groups -OCH3 is 1. The minimum Gasteiger partial charge on any atom is -0.497 e. The third-order valence-corrected chi connectivity index (χ3v) is 4.60. The van der Waals surface area contributed by atoms with Gasteiger partial charge in [-0.25, -0.2) is 0 Å². The van der Waals surface area contributed by atoms with Gasteiger partial charge in [0.25, 0.3) is 0 Å². The van der Waals surface area contributed by atoms with Crippen LogP contribution in [0.5, 0.6) is 5.75 Å². The summed E-state index contributed by atoms with van der Waals surface area (Å²) in [6.07, 6.45) is 3.91. The third-order valence-electron chi connectivity index (χ3n) is 4.60. The molecule has 0 N–H and O–H groups in total. The summed E-state index contributed by atoms with van der Waals surface area (Å²) >= 11 is 0. The average Bonchev–Trinajstić information content (AvgIpc) is 3.20. The van der Waals surface area contributed by atoms with Crippen LogP contribution in [0.3, 0.4) is 0 Å². The van der Waals surface area contributed by atoms with E-state index in [1.54, 1.807) is 7.11 Å². The van der Waals surface area contributed by atoms with Crippen molar-refractivity contribution in [3.63, 3.8) is 0 Å². The number of nitrogens with zero attached hydrogens (tertiary/aromatic N) is 2. The fourth-order valence-electron chi connectivity index (χ4n) is 3.17. The number of benzene rings is 3. The Kier molecular flexibility index (Phi) is 4.47. The zero-order valence-corrected chi connectivity index (χ0v) is 15.0. The summed E-state index contributed by atoms with van der Waals surface area (Å²) < 4.78 is 7.28. The number of aromatic nitrogens is 1. The van der Waals surface area contributed by atoms with Crippen LogP contribution in [0, 0.1) is 11.3 Å². The molecule has 0 aliphatic carbocycles. The lowest BCUT2D eigenvalue weighted by atomic mass is 10.0. The Morgan fingerprint density at radius 1 is 0.926 bits per heavy atom. The van der Waals surface area contributed by atoms with Gasteiger partial charge >= 0.3 is 0 Å². The third kappa shape index (κ3) is 3.33. The van der Waals surface area contributed by atoms with Crippen LogP contribution < -0.4 is 4.74 Å². The summed E-state index contributed by atoms with van der Waals surface area (Å²) in [6.45, 7) is 0. The minimum atomic E-state index is 0.634. The molecule has 130 valence electrons. The van der Waals surface area contributed by atoms with Gasteiger partial charge < -0.3 is 9.30 Å². The number of hydrogen-bond acceptors (Lipinski definition) is 2. The van der Waals surface area contributed by atoms with E-state index in [1.807, 2.05) is 66.9 Å². The maximum absolute atomic E-state index is 9.74. The van der Waals surface area contributed by atoms with E-state index < -0.39 is 0 Å².